The average Bonchev–Trinajstić information content (AvgIpc) is 3.08. The van der Waals surface area contributed by atoms with E-state index in [2.05, 4.69) is 20.3 Å². The number of hydrogen-bond donors (Lipinski definition) is 1. The maximum absolute atomic E-state index is 12.2. The molecule has 3 aromatic rings. The zero-order chi connectivity index (χ0) is 17.2. The van der Waals surface area contributed by atoms with Gasteiger partial charge in [0.15, 0.2) is 0 Å². The molecule has 0 aliphatic carbocycles. The summed E-state index contributed by atoms with van der Waals surface area (Å²) in [4.78, 5) is 23.6. The van der Waals surface area contributed by atoms with Crippen molar-refractivity contribution < 1.29 is 4.79 Å². The molecule has 2 aromatic heterocycles. The Hall–Kier alpha value is -2.96. The summed E-state index contributed by atoms with van der Waals surface area (Å²) in [6, 6.07) is 9.78. The smallest absolute Gasteiger partial charge is 0.271 e. The highest BCUT2D eigenvalue weighted by Gasteiger charge is 2.23. The molecule has 1 aliphatic heterocycles. The van der Waals surface area contributed by atoms with Crippen molar-refractivity contribution in [1.82, 2.24) is 25.1 Å². The van der Waals surface area contributed by atoms with Gasteiger partial charge in [-0.2, -0.15) is 5.10 Å². The molecule has 4 rings (SSSR count). The van der Waals surface area contributed by atoms with E-state index in [1.54, 1.807) is 24.0 Å². The van der Waals surface area contributed by atoms with Crippen LogP contribution in [0.2, 0.25) is 0 Å². The van der Waals surface area contributed by atoms with Crippen molar-refractivity contribution in [3.05, 3.63) is 48.4 Å². The summed E-state index contributed by atoms with van der Waals surface area (Å²) in [6.45, 7) is 1.69. The molecule has 128 valence electrons. The van der Waals surface area contributed by atoms with Gasteiger partial charge in [0.1, 0.15) is 11.5 Å². The van der Waals surface area contributed by atoms with Crippen molar-refractivity contribution >= 4 is 22.8 Å². The van der Waals surface area contributed by atoms with E-state index >= 15 is 0 Å². The van der Waals surface area contributed by atoms with E-state index in [-0.39, 0.29) is 11.9 Å². The summed E-state index contributed by atoms with van der Waals surface area (Å²) in [6.07, 6.45) is 5.37. The molecule has 1 saturated heterocycles. The van der Waals surface area contributed by atoms with Crippen LogP contribution in [0.5, 0.6) is 0 Å². The minimum Gasteiger partial charge on any atom is -0.355 e. The van der Waals surface area contributed by atoms with Crippen LogP contribution in [0, 0.1) is 0 Å². The van der Waals surface area contributed by atoms with Gasteiger partial charge in [-0.1, -0.05) is 12.1 Å². The maximum atomic E-state index is 12.2. The number of para-hydroxylation sites is 2. The van der Waals surface area contributed by atoms with Crippen LogP contribution in [0.3, 0.4) is 0 Å². The normalized spacial score (nSPS) is 15.5. The third kappa shape index (κ3) is 3.31. The number of carbonyl (C=O) groups excluding carboxylic acids is 1. The fourth-order valence-electron chi connectivity index (χ4n) is 3.15. The quantitative estimate of drug-likeness (QED) is 0.789. The van der Waals surface area contributed by atoms with Gasteiger partial charge in [-0.25, -0.2) is 4.98 Å². The molecule has 1 amide bonds. The number of benzene rings is 1. The van der Waals surface area contributed by atoms with E-state index in [1.165, 1.54) is 0 Å². The zero-order valence-electron chi connectivity index (χ0n) is 14.1. The molecule has 7 nitrogen and oxygen atoms in total. The average molecular weight is 336 g/mol. The number of hydrogen-bond acceptors (Lipinski definition) is 5. The summed E-state index contributed by atoms with van der Waals surface area (Å²) in [7, 11) is 1.81. The van der Waals surface area contributed by atoms with Crippen molar-refractivity contribution in [3.63, 3.8) is 0 Å². The van der Waals surface area contributed by atoms with Gasteiger partial charge in [-0.15, -0.1) is 0 Å². The molecule has 1 aliphatic rings. The van der Waals surface area contributed by atoms with Crippen LogP contribution in [0.25, 0.3) is 11.0 Å². The predicted octanol–water partition coefficient (Wildman–Crippen LogP) is 1.76. The SMILES string of the molecule is Cn1ccc(C(=O)NC2CCN(c3cnc4ccccc4n3)CC2)n1. The molecule has 1 N–H and O–H groups in total. The minimum atomic E-state index is -0.107. The maximum Gasteiger partial charge on any atom is 0.271 e. The Morgan fingerprint density at radius 3 is 2.64 bits per heavy atom. The van der Waals surface area contributed by atoms with Gasteiger partial charge >= 0.3 is 0 Å². The number of aryl methyl sites for hydroxylation is 1. The lowest BCUT2D eigenvalue weighted by molar-refractivity contribution is 0.0925. The Kier molecular flexibility index (Phi) is 4.05. The predicted molar refractivity (Wildman–Crippen MR) is 95.4 cm³/mol. The molecule has 7 heteroatoms. The minimum absolute atomic E-state index is 0.107. The second-order valence-corrected chi connectivity index (χ2v) is 6.33. The van der Waals surface area contributed by atoms with Crippen LogP contribution in [0.4, 0.5) is 5.82 Å². The third-order valence-electron chi connectivity index (χ3n) is 4.54. The van der Waals surface area contributed by atoms with Crippen LogP contribution in [-0.2, 0) is 7.05 Å². The first-order chi connectivity index (χ1) is 12.2. The van der Waals surface area contributed by atoms with Gasteiger partial charge in [0.05, 0.1) is 17.2 Å². The molecule has 0 bridgehead atoms. The van der Waals surface area contributed by atoms with E-state index in [1.807, 2.05) is 30.5 Å². The van der Waals surface area contributed by atoms with Gasteiger partial charge in [-0.05, 0) is 31.0 Å². The first-order valence-electron chi connectivity index (χ1n) is 8.46. The summed E-state index contributed by atoms with van der Waals surface area (Å²) in [5.74, 6) is 0.790. The number of aromatic nitrogens is 4. The number of nitrogens with zero attached hydrogens (tertiary/aromatic N) is 5. The number of fused-ring (bicyclic) bond motifs is 1. The fraction of sp³-hybridized carbons (Fsp3) is 0.333. The Bertz CT molecular complexity index is 897. The first-order valence-corrected chi connectivity index (χ1v) is 8.46. The summed E-state index contributed by atoms with van der Waals surface area (Å²) < 4.78 is 1.63. The van der Waals surface area contributed by atoms with Gasteiger partial charge in [0.25, 0.3) is 5.91 Å². The van der Waals surface area contributed by atoms with Crippen molar-refractivity contribution in [3.8, 4) is 0 Å². The lowest BCUT2D eigenvalue weighted by atomic mass is 10.0. The highest BCUT2D eigenvalue weighted by atomic mass is 16.2. The molecule has 0 radical (unpaired) electrons. The number of anilines is 1. The standard InChI is InChI=1S/C18H20N6O/c1-23-9-8-16(22-23)18(25)20-13-6-10-24(11-7-13)17-12-19-14-4-2-3-5-15(14)21-17/h2-5,8-9,12-13H,6-7,10-11H2,1H3,(H,20,25). The van der Waals surface area contributed by atoms with Crippen LogP contribution >= 0.6 is 0 Å². The largest absolute Gasteiger partial charge is 0.355 e. The first kappa shape index (κ1) is 15.6. The van der Waals surface area contributed by atoms with Gasteiger partial charge in [-0.3, -0.25) is 14.5 Å². The van der Waals surface area contributed by atoms with Gasteiger partial charge in [0.2, 0.25) is 0 Å². The summed E-state index contributed by atoms with van der Waals surface area (Å²) in [5, 5.41) is 7.22. The van der Waals surface area contributed by atoms with Crippen molar-refractivity contribution in [2.45, 2.75) is 18.9 Å². The molecular formula is C18H20N6O. The van der Waals surface area contributed by atoms with E-state index in [0.717, 1.165) is 42.8 Å². The molecule has 0 saturated carbocycles. The number of carbonyl (C=O) groups is 1. The van der Waals surface area contributed by atoms with Crippen LogP contribution in [0.1, 0.15) is 23.3 Å². The Labute approximate surface area is 145 Å². The number of nitrogens with one attached hydrogen (secondary N) is 1. The molecule has 0 atom stereocenters. The summed E-state index contributed by atoms with van der Waals surface area (Å²) in [5.41, 5.74) is 2.28. The molecule has 0 spiro atoms. The second-order valence-electron chi connectivity index (χ2n) is 6.33. The third-order valence-corrected chi connectivity index (χ3v) is 4.54. The Balaban J connectivity index is 1.38. The number of piperidine rings is 1. The van der Waals surface area contributed by atoms with E-state index in [0.29, 0.717) is 5.69 Å². The molecular weight excluding hydrogens is 316 g/mol. The van der Waals surface area contributed by atoms with E-state index in [9.17, 15) is 4.79 Å². The fourth-order valence-corrected chi connectivity index (χ4v) is 3.15. The second kappa shape index (κ2) is 6.51. The lowest BCUT2D eigenvalue weighted by Crippen LogP contribution is -2.45. The lowest BCUT2D eigenvalue weighted by Gasteiger charge is -2.32. The van der Waals surface area contributed by atoms with Crippen LogP contribution < -0.4 is 10.2 Å². The monoisotopic (exact) mass is 336 g/mol. The summed E-state index contributed by atoms with van der Waals surface area (Å²) >= 11 is 0. The number of amides is 1. The number of rotatable bonds is 3. The zero-order valence-corrected chi connectivity index (χ0v) is 14.1. The molecule has 25 heavy (non-hydrogen) atoms. The molecule has 0 unspecified atom stereocenters. The van der Waals surface area contributed by atoms with Crippen molar-refractivity contribution in [2.24, 2.45) is 7.05 Å². The Morgan fingerprint density at radius 2 is 1.92 bits per heavy atom. The highest BCUT2D eigenvalue weighted by Crippen LogP contribution is 2.20. The van der Waals surface area contributed by atoms with Gasteiger partial charge in [0, 0.05) is 32.4 Å². The van der Waals surface area contributed by atoms with Crippen molar-refractivity contribution in [2.75, 3.05) is 18.0 Å². The molecule has 3 heterocycles. The van der Waals surface area contributed by atoms with Crippen molar-refractivity contribution in [1.29, 1.82) is 0 Å². The van der Waals surface area contributed by atoms with E-state index < -0.39 is 0 Å². The highest BCUT2D eigenvalue weighted by molar-refractivity contribution is 5.92. The Morgan fingerprint density at radius 1 is 1.16 bits per heavy atom. The molecule has 1 aromatic carbocycles. The molecule has 1 fully saturated rings. The van der Waals surface area contributed by atoms with Crippen LogP contribution in [-0.4, -0.2) is 44.8 Å². The van der Waals surface area contributed by atoms with Crippen LogP contribution in [0.15, 0.2) is 42.7 Å². The van der Waals surface area contributed by atoms with Gasteiger partial charge < -0.3 is 10.2 Å². The van der Waals surface area contributed by atoms with E-state index in [4.69, 9.17) is 4.98 Å². The topological polar surface area (TPSA) is 75.9 Å².